The first kappa shape index (κ1) is 22.0. The second kappa shape index (κ2) is 8.76. The number of carbonyl (C=O) groups excluding carboxylic acids is 1. The van der Waals surface area contributed by atoms with Gasteiger partial charge in [-0.05, 0) is 61.5 Å². The zero-order chi connectivity index (χ0) is 22.9. The molecule has 0 saturated carbocycles. The van der Waals surface area contributed by atoms with E-state index in [-0.39, 0.29) is 16.7 Å². The Morgan fingerprint density at radius 3 is 2.47 bits per heavy atom. The molecule has 4 rings (SSSR count). The van der Waals surface area contributed by atoms with Gasteiger partial charge in [-0.1, -0.05) is 36.7 Å². The van der Waals surface area contributed by atoms with E-state index in [2.05, 4.69) is 22.1 Å². The average Bonchev–Trinajstić information content (AvgIpc) is 3.29. The minimum absolute atomic E-state index is 0.0532. The summed E-state index contributed by atoms with van der Waals surface area (Å²) in [6.07, 6.45) is 1.75. The number of thiophene rings is 1. The summed E-state index contributed by atoms with van der Waals surface area (Å²) in [7, 11) is -3.85. The van der Waals surface area contributed by atoms with E-state index in [4.69, 9.17) is 4.52 Å². The molecular weight excluding hydrogens is 446 g/mol. The Morgan fingerprint density at radius 1 is 1.09 bits per heavy atom. The molecule has 0 atom stereocenters. The normalized spacial score (nSPS) is 11.6. The van der Waals surface area contributed by atoms with Crippen LogP contribution in [-0.4, -0.2) is 19.5 Å². The predicted molar refractivity (Wildman–Crippen MR) is 127 cm³/mol. The van der Waals surface area contributed by atoms with Crippen molar-refractivity contribution in [1.82, 2.24) is 5.16 Å². The van der Waals surface area contributed by atoms with Crippen LogP contribution in [0.3, 0.4) is 0 Å². The highest BCUT2D eigenvalue weighted by atomic mass is 32.2. The first-order chi connectivity index (χ1) is 15.3. The van der Waals surface area contributed by atoms with Crippen molar-refractivity contribution in [2.45, 2.75) is 38.5 Å². The van der Waals surface area contributed by atoms with Gasteiger partial charge in [0.25, 0.3) is 15.9 Å². The summed E-state index contributed by atoms with van der Waals surface area (Å²) >= 11 is 1.47. The van der Waals surface area contributed by atoms with Crippen LogP contribution in [0.15, 0.2) is 57.9 Å². The summed E-state index contributed by atoms with van der Waals surface area (Å²) in [6, 6.07) is 14.0. The molecule has 0 aliphatic carbocycles. The van der Waals surface area contributed by atoms with Crippen LogP contribution in [0, 0.1) is 13.8 Å². The molecule has 0 aliphatic rings. The third kappa shape index (κ3) is 4.26. The Labute approximate surface area is 190 Å². The highest BCUT2D eigenvalue weighted by Gasteiger charge is 2.20. The van der Waals surface area contributed by atoms with Crippen molar-refractivity contribution in [3.8, 4) is 0 Å². The van der Waals surface area contributed by atoms with Gasteiger partial charge in [0.1, 0.15) is 0 Å². The van der Waals surface area contributed by atoms with Gasteiger partial charge in [-0.3, -0.25) is 4.79 Å². The number of hydrogen-bond donors (Lipinski definition) is 2. The largest absolute Gasteiger partial charge is 0.337 e. The molecule has 32 heavy (non-hydrogen) atoms. The highest BCUT2D eigenvalue weighted by Crippen LogP contribution is 2.33. The number of aryl methyl sites for hydroxylation is 2. The summed E-state index contributed by atoms with van der Waals surface area (Å²) in [4.78, 5) is 13.7. The number of sulfonamides is 1. The first-order valence-electron chi connectivity index (χ1n) is 10.2. The van der Waals surface area contributed by atoms with Crippen LogP contribution in [0.4, 0.5) is 11.6 Å². The third-order valence-electron chi connectivity index (χ3n) is 5.21. The maximum Gasteiger partial charge on any atom is 0.266 e. The van der Waals surface area contributed by atoms with Crippen molar-refractivity contribution in [2.75, 3.05) is 10.0 Å². The second-order valence-electron chi connectivity index (χ2n) is 7.46. The molecule has 0 spiro atoms. The Balaban J connectivity index is 1.54. The fraction of sp³-hybridized carbons (Fsp3) is 0.217. The standard InChI is InChI=1S/C23H23N3O4S2/c1-4-7-19-18-8-5-6-9-20(18)31-21(19)22(27)24-16-10-12-17(13-11-16)32(28,29)26-23-14(2)15(3)25-30-23/h5-6,8-13,26H,4,7H2,1-3H3,(H,24,27). The van der Waals surface area contributed by atoms with Gasteiger partial charge in [0.2, 0.25) is 5.88 Å². The zero-order valence-electron chi connectivity index (χ0n) is 17.9. The van der Waals surface area contributed by atoms with E-state index < -0.39 is 10.0 Å². The van der Waals surface area contributed by atoms with Crippen molar-refractivity contribution >= 4 is 48.9 Å². The lowest BCUT2D eigenvalue weighted by Gasteiger charge is -2.09. The number of rotatable bonds is 7. The number of nitrogens with zero attached hydrogens (tertiary/aromatic N) is 1. The van der Waals surface area contributed by atoms with Gasteiger partial charge in [0.15, 0.2) is 0 Å². The number of anilines is 2. The molecule has 9 heteroatoms. The van der Waals surface area contributed by atoms with Crippen LogP contribution in [0.5, 0.6) is 0 Å². The van der Waals surface area contributed by atoms with E-state index in [1.165, 1.54) is 23.5 Å². The van der Waals surface area contributed by atoms with Gasteiger partial charge in [-0.2, -0.15) is 0 Å². The van der Waals surface area contributed by atoms with Crippen molar-refractivity contribution in [2.24, 2.45) is 0 Å². The molecule has 2 N–H and O–H groups in total. The van der Waals surface area contributed by atoms with Gasteiger partial charge >= 0.3 is 0 Å². The molecule has 0 radical (unpaired) electrons. The minimum Gasteiger partial charge on any atom is -0.337 e. The zero-order valence-corrected chi connectivity index (χ0v) is 19.6. The lowest BCUT2D eigenvalue weighted by Crippen LogP contribution is -2.14. The SMILES string of the molecule is CCCc1c(C(=O)Nc2ccc(S(=O)(=O)Nc3onc(C)c3C)cc2)sc2ccccc12. The number of hydrogen-bond acceptors (Lipinski definition) is 6. The first-order valence-corrected chi connectivity index (χ1v) is 12.5. The molecule has 2 heterocycles. The Kier molecular flexibility index (Phi) is 6.03. The molecule has 2 aromatic heterocycles. The second-order valence-corrected chi connectivity index (χ2v) is 10.2. The minimum atomic E-state index is -3.85. The van der Waals surface area contributed by atoms with Gasteiger partial charge in [-0.25, -0.2) is 13.1 Å². The fourth-order valence-corrected chi connectivity index (χ4v) is 5.57. The summed E-state index contributed by atoms with van der Waals surface area (Å²) in [5.41, 5.74) is 2.81. The van der Waals surface area contributed by atoms with Gasteiger partial charge in [-0.15, -0.1) is 11.3 Å². The topological polar surface area (TPSA) is 101 Å². The van der Waals surface area contributed by atoms with E-state index in [1.807, 2.05) is 24.3 Å². The van der Waals surface area contributed by atoms with Gasteiger partial charge in [0.05, 0.1) is 15.5 Å². The Morgan fingerprint density at radius 2 is 1.81 bits per heavy atom. The van der Waals surface area contributed by atoms with Crippen molar-refractivity contribution in [3.63, 3.8) is 0 Å². The summed E-state index contributed by atoms with van der Waals surface area (Å²) < 4.78 is 33.8. The molecule has 0 fully saturated rings. The average molecular weight is 470 g/mol. The monoisotopic (exact) mass is 469 g/mol. The van der Waals surface area contributed by atoms with Crippen LogP contribution in [-0.2, 0) is 16.4 Å². The third-order valence-corrected chi connectivity index (χ3v) is 7.77. The van der Waals surface area contributed by atoms with Gasteiger partial charge in [0, 0.05) is 16.0 Å². The van der Waals surface area contributed by atoms with E-state index in [1.54, 1.807) is 26.0 Å². The maximum atomic E-state index is 13.0. The number of nitrogens with one attached hydrogen (secondary N) is 2. The smallest absolute Gasteiger partial charge is 0.266 e. The van der Waals surface area contributed by atoms with Crippen LogP contribution < -0.4 is 10.0 Å². The quantitative estimate of drug-likeness (QED) is 0.371. The van der Waals surface area contributed by atoms with Crippen LogP contribution >= 0.6 is 11.3 Å². The van der Waals surface area contributed by atoms with Crippen LogP contribution in [0.25, 0.3) is 10.1 Å². The maximum absolute atomic E-state index is 13.0. The molecule has 0 unspecified atom stereocenters. The summed E-state index contributed by atoms with van der Waals surface area (Å²) in [5.74, 6) is -0.107. The number of fused-ring (bicyclic) bond motifs is 1. The van der Waals surface area contributed by atoms with Crippen LogP contribution in [0.2, 0.25) is 0 Å². The van der Waals surface area contributed by atoms with Crippen molar-refractivity contribution in [1.29, 1.82) is 0 Å². The molecule has 166 valence electrons. The van der Waals surface area contributed by atoms with E-state index in [0.717, 1.165) is 28.5 Å². The van der Waals surface area contributed by atoms with Crippen molar-refractivity contribution < 1.29 is 17.7 Å². The lowest BCUT2D eigenvalue weighted by atomic mass is 10.1. The van der Waals surface area contributed by atoms with E-state index >= 15 is 0 Å². The Hall–Kier alpha value is -3.17. The molecule has 4 aromatic rings. The summed E-state index contributed by atoms with van der Waals surface area (Å²) in [6.45, 7) is 5.54. The number of carbonyl (C=O) groups is 1. The number of benzene rings is 2. The molecule has 0 saturated heterocycles. The fourth-order valence-electron chi connectivity index (χ4n) is 3.38. The number of aromatic nitrogens is 1. The van der Waals surface area contributed by atoms with E-state index in [0.29, 0.717) is 21.8 Å². The Bertz CT molecular complexity index is 1390. The molecule has 0 aliphatic heterocycles. The van der Waals surface area contributed by atoms with Crippen molar-refractivity contribution in [3.05, 3.63) is 70.2 Å². The molecule has 0 bridgehead atoms. The lowest BCUT2D eigenvalue weighted by molar-refractivity contribution is 0.103. The summed E-state index contributed by atoms with van der Waals surface area (Å²) in [5, 5.41) is 7.75. The molecule has 1 amide bonds. The van der Waals surface area contributed by atoms with Crippen LogP contribution in [0.1, 0.15) is 39.8 Å². The van der Waals surface area contributed by atoms with Gasteiger partial charge < -0.3 is 9.84 Å². The van der Waals surface area contributed by atoms with E-state index in [9.17, 15) is 13.2 Å². The molecule has 2 aromatic carbocycles. The molecule has 7 nitrogen and oxygen atoms in total. The molecular formula is C23H23N3O4S2. The highest BCUT2D eigenvalue weighted by molar-refractivity contribution is 7.92. The predicted octanol–water partition coefficient (Wildman–Crippen LogP) is 5.51. The number of amides is 1.